The molecule has 1 atom stereocenters. The van der Waals surface area contributed by atoms with Crippen LogP contribution < -0.4 is 0 Å². The lowest BCUT2D eigenvalue weighted by Crippen LogP contribution is -2.24. The molecule has 3 heteroatoms. The predicted octanol–water partition coefficient (Wildman–Crippen LogP) is 2.90. The predicted molar refractivity (Wildman–Crippen MR) is 60.6 cm³/mol. The second-order valence-corrected chi connectivity index (χ2v) is 3.46. The van der Waals surface area contributed by atoms with E-state index in [-0.39, 0.29) is 12.4 Å². The van der Waals surface area contributed by atoms with Crippen LogP contribution in [0.4, 0.5) is 4.39 Å². The van der Waals surface area contributed by atoms with Crippen LogP contribution in [0.1, 0.15) is 12.5 Å². The molecule has 80 valence electrons. The maximum absolute atomic E-state index is 12.6. The summed E-state index contributed by atoms with van der Waals surface area (Å²) in [5.41, 5.74) is 1.23. The molecule has 1 rings (SSSR count). The van der Waals surface area contributed by atoms with Crippen LogP contribution in [0.25, 0.3) is 0 Å². The van der Waals surface area contributed by atoms with Crippen LogP contribution >= 0.6 is 12.4 Å². The topological polar surface area (TPSA) is 3.24 Å². The monoisotopic (exact) mass is 217 g/mol. The zero-order chi connectivity index (χ0) is 9.68. The summed E-state index contributed by atoms with van der Waals surface area (Å²) in [6.45, 7) is 2.89. The highest BCUT2D eigenvalue weighted by atomic mass is 35.5. The van der Waals surface area contributed by atoms with Gasteiger partial charge in [-0.3, -0.25) is 4.90 Å². The van der Waals surface area contributed by atoms with Gasteiger partial charge >= 0.3 is 0 Å². The van der Waals surface area contributed by atoms with E-state index in [2.05, 4.69) is 12.1 Å². The molecule has 0 radical (unpaired) electrons. The van der Waals surface area contributed by atoms with Crippen LogP contribution in [0.5, 0.6) is 0 Å². The van der Waals surface area contributed by atoms with E-state index >= 15 is 0 Å². The summed E-state index contributed by atoms with van der Waals surface area (Å²) in [5, 5.41) is 0. The summed E-state index contributed by atoms with van der Waals surface area (Å²) >= 11 is 0. The van der Waals surface area contributed by atoms with Gasteiger partial charge < -0.3 is 0 Å². The minimum atomic E-state index is -0.756. The first-order valence-electron chi connectivity index (χ1n) is 4.55. The number of halogens is 2. The molecule has 1 unspecified atom stereocenters. The Labute approximate surface area is 91.3 Å². The molecule has 0 saturated carbocycles. The quantitative estimate of drug-likeness (QED) is 0.750. The van der Waals surface area contributed by atoms with Crippen LogP contribution in [0.3, 0.4) is 0 Å². The standard InChI is InChI=1S/C11H16FN.ClH/c1-10(12)8-13(2)9-11-6-4-3-5-7-11;/h3-7,10H,8-9H2,1-2H3;1H. The van der Waals surface area contributed by atoms with Crippen molar-refractivity contribution in [2.75, 3.05) is 13.6 Å². The second kappa shape index (κ2) is 6.80. The number of rotatable bonds is 4. The van der Waals surface area contributed by atoms with Gasteiger partial charge in [0.15, 0.2) is 0 Å². The molecular weight excluding hydrogens is 201 g/mol. The Morgan fingerprint density at radius 3 is 2.36 bits per heavy atom. The highest BCUT2D eigenvalue weighted by molar-refractivity contribution is 5.85. The zero-order valence-electron chi connectivity index (χ0n) is 8.61. The van der Waals surface area contributed by atoms with Crippen molar-refractivity contribution < 1.29 is 4.39 Å². The van der Waals surface area contributed by atoms with Crippen LogP contribution in [0.2, 0.25) is 0 Å². The van der Waals surface area contributed by atoms with Crippen molar-refractivity contribution in [1.29, 1.82) is 0 Å². The van der Waals surface area contributed by atoms with Crippen molar-refractivity contribution in [3.8, 4) is 0 Å². The fourth-order valence-electron chi connectivity index (χ4n) is 1.39. The average molecular weight is 218 g/mol. The largest absolute Gasteiger partial charge is 0.299 e. The number of hydrogen-bond acceptors (Lipinski definition) is 1. The molecule has 1 aromatic carbocycles. The van der Waals surface area contributed by atoms with Gasteiger partial charge in [-0.2, -0.15) is 0 Å². The fraction of sp³-hybridized carbons (Fsp3) is 0.455. The van der Waals surface area contributed by atoms with Crippen molar-refractivity contribution in [2.45, 2.75) is 19.6 Å². The van der Waals surface area contributed by atoms with Gasteiger partial charge in [0.25, 0.3) is 0 Å². The summed E-state index contributed by atoms with van der Waals surface area (Å²) < 4.78 is 12.6. The van der Waals surface area contributed by atoms with E-state index < -0.39 is 6.17 Å². The summed E-state index contributed by atoms with van der Waals surface area (Å²) in [4.78, 5) is 1.99. The van der Waals surface area contributed by atoms with E-state index in [0.29, 0.717) is 6.54 Å². The Bertz CT molecular complexity index is 238. The minimum absolute atomic E-state index is 0. The smallest absolute Gasteiger partial charge is 0.110 e. The van der Waals surface area contributed by atoms with Gasteiger partial charge in [-0.05, 0) is 19.5 Å². The Morgan fingerprint density at radius 1 is 1.29 bits per heavy atom. The van der Waals surface area contributed by atoms with Gasteiger partial charge in [-0.25, -0.2) is 4.39 Å². The molecule has 0 spiro atoms. The van der Waals surface area contributed by atoms with E-state index in [1.165, 1.54) is 5.56 Å². The number of nitrogens with zero attached hydrogens (tertiary/aromatic N) is 1. The molecule has 0 aliphatic rings. The molecular formula is C11H17ClFN. The van der Waals surface area contributed by atoms with Gasteiger partial charge in [-0.1, -0.05) is 30.3 Å². The summed E-state index contributed by atoms with van der Waals surface area (Å²) in [6.07, 6.45) is -0.756. The van der Waals surface area contributed by atoms with Crippen molar-refractivity contribution in [3.05, 3.63) is 35.9 Å². The van der Waals surface area contributed by atoms with Crippen molar-refractivity contribution in [1.82, 2.24) is 4.90 Å². The van der Waals surface area contributed by atoms with Crippen molar-refractivity contribution in [2.24, 2.45) is 0 Å². The average Bonchev–Trinajstić information content (AvgIpc) is 2.04. The van der Waals surface area contributed by atoms with Gasteiger partial charge in [0, 0.05) is 13.1 Å². The van der Waals surface area contributed by atoms with Crippen LogP contribution in [0.15, 0.2) is 30.3 Å². The maximum atomic E-state index is 12.6. The molecule has 14 heavy (non-hydrogen) atoms. The third-order valence-electron chi connectivity index (χ3n) is 1.86. The Morgan fingerprint density at radius 2 is 1.86 bits per heavy atom. The molecule has 0 fully saturated rings. The lowest BCUT2D eigenvalue weighted by molar-refractivity contribution is 0.229. The number of alkyl halides is 1. The first-order valence-corrected chi connectivity index (χ1v) is 4.55. The molecule has 0 amide bonds. The first kappa shape index (κ1) is 13.4. The van der Waals surface area contributed by atoms with Crippen molar-refractivity contribution >= 4 is 12.4 Å². The minimum Gasteiger partial charge on any atom is -0.299 e. The Kier molecular flexibility index (Phi) is 6.50. The van der Waals surface area contributed by atoms with Gasteiger partial charge in [0.2, 0.25) is 0 Å². The van der Waals surface area contributed by atoms with Gasteiger partial charge in [0.1, 0.15) is 6.17 Å². The summed E-state index contributed by atoms with van der Waals surface area (Å²) in [6, 6.07) is 10.1. The van der Waals surface area contributed by atoms with Crippen LogP contribution in [-0.4, -0.2) is 24.7 Å². The molecule has 1 nitrogen and oxygen atoms in total. The molecule has 0 aliphatic carbocycles. The summed E-state index contributed by atoms with van der Waals surface area (Å²) in [5.74, 6) is 0. The Balaban J connectivity index is 0.00000169. The molecule has 0 heterocycles. The molecule has 0 bridgehead atoms. The lowest BCUT2D eigenvalue weighted by Gasteiger charge is -2.16. The zero-order valence-corrected chi connectivity index (χ0v) is 9.43. The molecule has 0 N–H and O–H groups in total. The molecule has 1 aromatic rings. The fourth-order valence-corrected chi connectivity index (χ4v) is 1.39. The van der Waals surface area contributed by atoms with E-state index in [1.54, 1.807) is 6.92 Å². The van der Waals surface area contributed by atoms with Gasteiger partial charge in [-0.15, -0.1) is 12.4 Å². The van der Waals surface area contributed by atoms with E-state index in [9.17, 15) is 4.39 Å². The van der Waals surface area contributed by atoms with Crippen molar-refractivity contribution in [3.63, 3.8) is 0 Å². The third-order valence-corrected chi connectivity index (χ3v) is 1.86. The summed E-state index contributed by atoms with van der Waals surface area (Å²) in [7, 11) is 1.93. The number of benzene rings is 1. The van der Waals surface area contributed by atoms with E-state index in [4.69, 9.17) is 0 Å². The molecule has 0 aliphatic heterocycles. The van der Waals surface area contributed by atoms with E-state index in [1.807, 2.05) is 30.1 Å². The maximum Gasteiger partial charge on any atom is 0.110 e. The number of hydrogen-bond donors (Lipinski definition) is 0. The first-order chi connectivity index (χ1) is 6.18. The van der Waals surface area contributed by atoms with Crippen LogP contribution in [-0.2, 0) is 6.54 Å². The van der Waals surface area contributed by atoms with Gasteiger partial charge in [0.05, 0.1) is 0 Å². The van der Waals surface area contributed by atoms with Crippen LogP contribution in [0, 0.1) is 0 Å². The Hall–Kier alpha value is -0.600. The van der Waals surface area contributed by atoms with E-state index in [0.717, 1.165) is 6.54 Å². The SMILES string of the molecule is CC(F)CN(C)Cc1ccccc1.Cl. The lowest BCUT2D eigenvalue weighted by atomic mass is 10.2. The highest BCUT2D eigenvalue weighted by Crippen LogP contribution is 2.03. The highest BCUT2D eigenvalue weighted by Gasteiger charge is 2.04. The second-order valence-electron chi connectivity index (χ2n) is 3.46. The third kappa shape index (κ3) is 5.20. The molecule has 0 saturated heterocycles. The normalized spacial score (nSPS) is 12.3. The molecule has 0 aromatic heterocycles.